The summed E-state index contributed by atoms with van der Waals surface area (Å²) in [5.74, 6) is -0.525. The van der Waals surface area contributed by atoms with Crippen molar-refractivity contribution in [1.82, 2.24) is 0 Å². The topological polar surface area (TPSA) is 78.3 Å². The van der Waals surface area contributed by atoms with Gasteiger partial charge in [-0.1, -0.05) is 30.3 Å². The van der Waals surface area contributed by atoms with E-state index in [9.17, 15) is 4.79 Å². The van der Waals surface area contributed by atoms with Crippen LogP contribution in [0.15, 0.2) is 35.5 Å². The zero-order valence-corrected chi connectivity index (χ0v) is 10.3. The van der Waals surface area contributed by atoms with Gasteiger partial charge >= 0.3 is 5.97 Å². The molecule has 0 fully saturated rings. The lowest BCUT2D eigenvalue weighted by atomic mass is 9.92. The van der Waals surface area contributed by atoms with Crippen LogP contribution in [0.2, 0.25) is 0 Å². The molecule has 0 aliphatic carbocycles. The number of carbonyl (C=O) groups is 1. The molecule has 5 heteroatoms. The lowest BCUT2D eigenvalue weighted by molar-refractivity contribution is -0.147. The van der Waals surface area contributed by atoms with Gasteiger partial charge in [0.05, 0.1) is 11.8 Å². The lowest BCUT2D eigenvalue weighted by Crippen LogP contribution is -2.47. The first-order chi connectivity index (χ1) is 7.36. The van der Waals surface area contributed by atoms with Crippen LogP contribution in [0.5, 0.6) is 0 Å². The Morgan fingerprint density at radius 2 is 2.12 bits per heavy atom. The Bertz CT molecular complexity index is 329. The molecule has 0 radical (unpaired) electrons. The van der Waals surface area contributed by atoms with E-state index in [0.29, 0.717) is 5.57 Å². The molecule has 0 spiro atoms. The van der Waals surface area contributed by atoms with Crippen molar-refractivity contribution in [2.75, 3.05) is 6.61 Å². The molecule has 0 heterocycles. The van der Waals surface area contributed by atoms with Gasteiger partial charge in [0.15, 0.2) is 0 Å². The van der Waals surface area contributed by atoms with E-state index in [1.807, 2.05) is 0 Å². The quantitative estimate of drug-likeness (QED) is 0.436. The number of esters is 1. The van der Waals surface area contributed by atoms with Gasteiger partial charge in [0.25, 0.3) is 0 Å². The molecule has 0 aromatic rings. The molecule has 0 bridgehead atoms. The summed E-state index contributed by atoms with van der Waals surface area (Å²) in [4.78, 5) is 11.6. The van der Waals surface area contributed by atoms with E-state index in [2.05, 4.69) is 6.58 Å². The molecule has 0 aromatic heterocycles. The highest BCUT2D eigenvalue weighted by atomic mass is 35.5. The smallest absolute Gasteiger partial charge is 0.330 e. The van der Waals surface area contributed by atoms with Crippen LogP contribution >= 0.6 is 11.6 Å². The lowest BCUT2D eigenvalue weighted by Gasteiger charge is -2.23. The van der Waals surface area contributed by atoms with E-state index in [4.69, 9.17) is 27.8 Å². The third-order valence-electron chi connectivity index (χ3n) is 1.94. The molecule has 0 amide bonds. The number of ether oxygens (including phenoxy) is 1. The zero-order chi connectivity index (χ0) is 12.8. The van der Waals surface area contributed by atoms with Gasteiger partial charge in [0.2, 0.25) is 0 Å². The molecular formula is C11H17ClN2O2. The average molecular weight is 245 g/mol. The summed E-state index contributed by atoms with van der Waals surface area (Å²) in [7, 11) is 0. The van der Waals surface area contributed by atoms with Crippen molar-refractivity contribution in [3.63, 3.8) is 0 Å². The maximum Gasteiger partial charge on any atom is 0.330 e. The molecule has 0 aromatic carbocycles. The third kappa shape index (κ3) is 4.08. The molecule has 4 nitrogen and oxygen atoms in total. The Hall–Kier alpha value is -1.26. The summed E-state index contributed by atoms with van der Waals surface area (Å²) in [6.07, 6.45) is 4.43. The predicted molar refractivity (Wildman–Crippen MR) is 65.6 cm³/mol. The van der Waals surface area contributed by atoms with Crippen molar-refractivity contribution in [3.8, 4) is 0 Å². The Morgan fingerprint density at radius 1 is 1.56 bits per heavy atom. The Kier molecular flexibility index (Phi) is 5.85. The maximum atomic E-state index is 11.6. The van der Waals surface area contributed by atoms with Crippen LogP contribution in [-0.4, -0.2) is 18.1 Å². The molecule has 1 atom stereocenters. The largest absolute Gasteiger partial charge is 0.464 e. The Morgan fingerprint density at radius 3 is 2.50 bits per heavy atom. The number of nitrogens with two attached hydrogens (primary N) is 2. The molecule has 4 N–H and O–H groups in total. The van der Waals surface area contributed by atoms with Crippen LogP contribution in [0.3, 0.4) is 0 Å². The second kappa shape index (κ2) is 6.35. The summed E-state index contributed by atoms with van der Waals surface area (Å²) >= 11 is 5.47. The van der Waals surface area contributed by atoms with Crippen LogP contribution in [0.4, 0.5) is 0 Å². The molecule has 1 unspecified atom stereocenters. The summed E-state index contributed by atoms with van der Waals surface area (Å²) in [5.41, 5.74) is 10.3. The van der Waals surface area contributed by atoms with Crippen molar-refractivity contribution >= 4 is 17.6 Å². The van der Waals surface area contributed by atoms with Crippen LogP contribution in [-0.2, 0) is 9.53 Å². The minimum absolute atomic E-state index is 0.0963. The summed E-state index contributed by atoms with van der Waals surface area (Å²) in [6, 6.07) is 0. The van der Waals surface area contributed by atoms with Gasteiger partial charge in [-0.3, -0.25) is 0 Å². The summed E-state index contributed by atoms with van der Waals surface area (Å²) < 4.78 is 4.86. The summed E-state index contributed by atoms with van der Waals surface area (Å²) in [6.45, 7) is 7.09. The first-order valence-electron chi connectivity index (χ1n) is 4.78. The number of hydrogen-bond acceptors (Lipinski definition) is 4. The SMILES string of the molecule is C=C/C(=C\C=C(/N)Cl)C(C)(N)C(=O)OCC. The van der Waals surface area contributed by atoms with Crippen molar-refractivity contribution in [1.29, 1.82) is 0 Å². The number of rotatable bonds is 5. The number of halogens is 1. The van der Waals surface area contributed by atoms with Gasteiger partial charge in [-0.25, -0.2) is 4.79 Å². The minimum atomic E-state index is -1.26. The second-order valence-corrected chi connectivity index (χ2v) is 3.74. The number of carbonyl (C=O) groups excluding carboxylic acids is 1. The average Bonchev–Trinajstić information content (AvgIpc) is 2.18. The highest BCUT2D eigenvalue weighted by Crippen LogP contribution is 2.17. The van der Waals surface area contributed by atoms with Crippen molar-refractivity contribution in [2.45, 2.75) is 19.4 Å². The van der Waals surface area contributed by atoms with Gasteiger partial charge in [-0.05, 0) is 25.5 Å². The molecule has 0 rings (SSSR count). The fraction of sp³-hybridized carbons (Fsp3) is 0.364. The molecular weight excluding hydrogens is 228 g/mol. The second-order valence-electron chi connectivity index (χ2n) is 3.30. The monoisotopic (exact) mass is 244 g/mol. The molecule has 90 valence electrons. The highest BCUT2D eigenvalue weighted by molar-refractivity contribution is 6.29. The van der Waals surface area contributed by atoms with Crippen LogP contribution in [0.25, 0.3) is 0 Å². The fourth-order valence-corrected chi connectivity index (χ4v) is 1.08. The molecule has 0 aliphatic heterocycles. The first kappa shape index (κ1) is 14.7. The molecule has 0 saturated heterocycles. The number of allylic oxidation sites excluding steroid dienone is 2. The van der Waals surface area contributed by atoms with Gasteiger partial charge in [-0.2, -0.15) is 0 Å². The zero-order valence-electron chi connectivity index (χ0n) is 9.50. The van der Waals surface area contributed by atoms with Gasteiger partial charge in [0.1, 0.15) is 5.54 Å². The highest BCUT2D eigenvalue weighted by Gasteiger charge is 2.32. The standard InChI is InChI=1S/C11H17ClN2O2/c1-4-8(6-7-9(12)13)11(3,14)10(15)16-5-2/h4,6-7H,1,5,13-14H2,2-3H3/b8-6+,9-7-. The van der Waals surface area contributed by atoms with E-state index < -0.39 is 11.5 Å². The van der Waals surface area contributed by atoms with E-state index in [1.54, 1.807) is 6.92 Å². The van der Waals surface area contributed by atoms with Crippen LogP contribution < -0.4 is 11.5 Å². The predicted octanol–water partition coefficient (Wildman–Crippen LogP) is 1.42. The summed E-state index contributed by atoms with van der Waals surface area (Å²) in [5, 5.41) is 0.0963. The van der Waals surface area contributed by atoms with Crippen molar-refractivity contribution in [2.24, 2.45) is 11.5 Å². The minimum Gasteiger partial charge on any atom is -0.464 e. The van der Waals surface area contributed by atoms with Crippen LogP contribution in [0, 0.1) is 0 Å². The maximum absolute atomic E-state index is 11.6. The van der Waals surface area contributed by atoms with Crippen molar-refractivity contribution < 1.29 is 9.53 Å². The molecule has 16 heavy (non-hydrogen) atoms. The van der Waals surface area contributed by atoms with Crippen molar-refractivity contribution in [3.05, 3.63) is 35.5 Å². The van der Waals surface area contributed by atoms with Gasteiger partial charge in [-0.15, -0.1) is 0 Å². The third-order valence-corrected chi connectivity index (χ3v) is 2.07. The molecule has 0 saturated carbocycles. The Labute approximate surface area is 101 Å². The van der Waals surface area contributed by atoms with Gasteiger partial charge < -0.3 is 16.2 Å². The number of hydrogen-bond donors (Lipinski definition) is 2. The van der Waals surface area contributed by atoms with E-state index in [1.165, 1.54) is 25.2 Å². The first-order valence-corrected chi connectivity index (χ1v) is 5.16. The Balaban J connectivity index is 5.08. The van der Waals surface area contributed by atoms with E-state index in [0.717, 1.165) is 0 Å². The van der Waals surface area contributed by atoms with Gasteiger partial charge in [0, 0.05) is 0 Å². The van der Waals surface area contributed by atoms with Crippen LogP contribution in [0.1, 0.15) is 13.8 Å². The fourth-order valence-electron chi connectivity index (χ4n) is 1.02. The normalized spacial score (nSPS) is 16.5. The molecule has 0 aliphatic rings. The van der Waals surface area contributed by atoms with E-state index >= 15 is 0 Å². The van der Waals surface area contributed by atoms with E-state index in [-0.39, 0.29) is 11.8 Å².